The number of carbonyl (C=O) groups is 1. The van der Waals surface area contributed by atoms with Gasteiger partial charge in [-0.1, -0.05) is 30.3 Å². The van der Waals surface area contributed by atoms with E-state index in [2.05, 4.69) is 4.98 Å². The van der Waals surface area contributed by atoms with E-state index in [1.807, 2.05) is 63.3 Å². The fourth-order valence-electron chi connectivity index (χ4n) is 3.81. The molecule has 152 valence electrons. The topological polar surface area (TPSA) is 59.7 Å². The smallest absolute Gasteiger partial charge is 0.272 e. The first-order valence-electron chi connectivity index (χ1n) is 10.1. The van der Waals surface area contributed by atoms with E-state index in [9.17, 15) is 4.79 Å². The van der Waals surface area contributed by atoms with E-state index in [4.69, 9.17) is 9.72 Å². The molecule has 7 heteroatoms. The first-order chi connectivity index (χ1) is 14.8. The van der Waals surface area contributed by atoms with Crippen LogP contribution in [0.3, 0.4) is 0 Å². The standard InChI is InChI=1S/C23H22N4O2S/c28-22(26(14-19-7-4-12-29-19)13-17-8-10-24-11-9-17)21-16-30-23-25-20(15-27(21)23)18-5-2-1-3-6-18/h1-3,5-6,8-11,15-16,19H,4,7,12-14H2/t19-/m0/s1. The molecule has 5 rings (SSSR count). The summed E-state index contributed by atoms with van der Waals surface area (Å²) in [6.07, 6.45) is 7.59. The number of aromatic nitrogens is 3. The predicted octanol–water partition coefficient (Wildman–Crippen LogP) is 4.28. The second-order valence-electron chi connectivity index (χ2n) is 7.44. The third-order valence-electron chi connectivity index (χ3n) is 5.36. The summed E-state index contributed by atoms with van der Waals surface area (Å²) in [5, 5.41) is 1.90. The number of imidazole rings is 1. The molecule has 0 spiro atoms. The number of benzene rings is 1. The molecule has 6 nitrogen and oxygen atoms in total. The molecule has 3 aromatic heterocycles. The van der Waals surface area contributed by atoms with Crippen LogP contribution >= 0.6 is 11.3 Å². The van der Waals surface area contributed by atoms with Crippen LogP contribution in [-0.4, -0.2) is 44.4 Å². The van der Waals surface area contributed by atoms with Gasteiger partial charge in [0.25, 0.3) is 5.91 Å². The van der Waals surface area contributed by atoms with E-state index >= 15 is 0 Å². The summed E-state index contributed by atoms with van der Waals surface area (Å²) in [7, 11) is 0. The largest absolute Gasteiger partial charge is 0.376 e. The van der Waals surface area contributed by atoms with E-state index in [1.54, 1.807) is 12.4 Å². The minimum atomic E-state index is -0.00873. The van der Waals surface area contributed by atoms with Crippen molar-refractivity contribution in [2.45, 2.75) is 25.5 Å². The third kappa shape index (κ3) is 3.86. The molecule has 1 aromatic carbocycles. The second kappa shape index (κ2) is 8.38. The third-order valence-corrected chi connectivity index (χ3v) is 6.20. The van der Waals surface area contributed by atoms with Crippen molar-refractivity contribution in [3.63, 3.8) is 0 Å². The highest BCUT2D eigenvalue weighted by atomic mass is 32.1. The summed E-state index contributed by atoms with van der Waals surface area (Å²) < 4.78 is 7.72. The molecule has 1 aliphatic heterocycles. The van der Waals surface area contributed by atoms with Gasteiger partial charge in [0.05, 0.1) is 11.8 Å². The number of rotatable bonds is 6. The number of ether oxygens (including phenoxy) is 1. The molecular formula is C23H22N4O2S. The number of nitrogens with zero attached hydrogens (tertiary/aromatic N) is 4. The molecule has 4 heterocycles. The minimum absolute atomic E-state index is 0.00873. The van der Waals surface area contributed by atoms with Gasteiger partial charge in [-0.3, -0.25) is 14.2 Å². The second-order valence-corrected chi connectivity index (χ2v) is 8.28. The number of hydrogen-bond donors (Lipinski definition) is 0. The fourth-order valence-corrected chi connectivity index (χ4v) is 4.66. The number of amides is 1. The molecule has 4 aromatic rings. The quantitative estimate of drug-likeness (QED) is 0.469. The lowest BCUT2D eigenvalue weighted by Crippen LogP contribution is -2.37. The van der Waals surface area contributed by atoms with Crippen molar-refractivity contribution < 1.29 is 9.53 Å². The zero-order chi connectivity index (χ0) is 20.3. The average Bonchev–Trinajstić information content (AvgIpc) is 3.52. The van der Waals surface area contributed by atoms with Crippen LogP contribution in [0.1, 0.15) is 28.9 Å². The fraction of sp³-hybridized carbons (Fsp3) is 0.261. The summed E-state index contributed by atoms with van der Waals surface area (Å²) in [6, 6.07) is 13.9. The predicted molar refractivity (Wildman–Crippen MR) is 116 cm³/mol. The summed E-state index contributed by atoms with van der Waals surface area (Å²) in [6.45, 7) is 1.88. The van der Waals surface area contributed by atoms with Crippen LogP contribution < -0.4 is 0 Å². The Morgan fingerprint density at radius 3 is 2.80 bits per heavy atom. The molecule has 0 aliphatic carbocycles. The van der Waals surface area contributed by atoms with Crippen LogP contribution in [-0.2, 0) is 11.3 Å². The van der Waals surface area contributed by atoms with E-state index in [1.165, 1.54) is 11.3 Å². The highest BCUT2D eigenvalue weighted by Gasteiger charge is 2.26. The van der Waals surface area contributed by atoms with Gasteiger partial charge in [-0.2, -0.15) is 0 Å². The van der Waals surface area contributed by atoms with Crippen molar-refractivity contribution in [3.05, 3.63) is 77.7 Å². The number of pyridine rings is 1. The van der Waals surface area contributed by atoms with Crippen LogP contribution in [0.2, 0.25) is 0 Å². The molecule has 0 saturated carbocycles. The molecule has 1 saturated heterocycles. The van der Waals surface area contributed by atoms with E-state index < -0.39 is 0 Å². The van der Waals surface area contributed by atoms with Crippen molar-refractivity contribution >= 4 is 22.2 Å². The van der Waals surface area contributed by atoms with Crippen LogP contribution in [0.5, 0.6) is 0 Å². The molecule has 0 bridgehead atoms. The van der Waals surface area contributed by atoms with Crippen LogP contribution in [0, 0.1) is 0 Å². The lowest BCUT2D eigenvalue weighted by atomic mass is 10.2. The number of thiazole rings is 1. The molecule has 30 heavy (non-hydrogen) atoms. The normalized spacial score (nSPS) is 16.2. The SMILES string of the molecule is O=C(c1csc2nc(-c3ccccc3)cn12)N(Cc1ccncc1)C[C@@H]1CCCO1. The maximum Gasteiger partial charge on any atom is 0.272 e. The lowest BCUT2D eigenvalue weighted by molar-refractivity contribution is 0.0502. The van der Waals surface area contributed by atoms with Crippen molar-refractivity contribution in [2.24, 2.45) is 0 Å². The molecule has 1 amide bonds. The van der Waals surface area contributed by atoms with E-state index in [-0.39, 0.29) is 12.0 Å². The molecule has 1 atom stereocenters. The number of hydrogen-bond acceptors (Lipinski definition) is 5. The molecule has 1 fully saturated rings. The zero-order valence-electron chi connectivity index (χ0n) is 16.5. The molecule has 1 aliphatic rings. The van der Waals surface area contributed by atoms with Gasteiger partial charge in [0.2, 0.25) is 0 Å². The van der Waals surface area contributed by atoms with Gasteiger partial charge in [0.1, 0.15) is 5.69 Å². The van der Waals surface area contributed by atoms with Crippen molar-refractivity contribution in [2.75, 3.05) is 13.2 Å². The van der Waals surface area contributed by atoms with Crippen molar-refractivity contribution in [1.82, 2.24) is 19.3 Å². The number of carbonyl (C=O) groups excluding carboxylic acids is 1. The summed E-state index contributed by atoms with van der Waals surface area (Å²) in [5.41, 5.74) is 3.60. The first kappa shape index (κ1) is 19.0. The summed E-state index contributed by atoms with van der Waals surface area (Å²) in [4.78, 5) is 25.1. The van der Waals surface area contributed by atoms with Gasteiger partial charge in [0.15, 0.2) is 4.96 Å². The highest BCUT2D eigenvalue weighted by Crippen LogP contribution is 2.25. The van der Waals surface area contributed by atoms with E-state index in [0.29, 0.717) is 18.8 Å². The Labute approximate surface area is 178 Å². The molecule has 0 unspecified atom stereocenters. The van der Waals surface area contributed by atoms with Crippen LogP contribution in [0.15, 0.2) is 66.4 Å². The Kier molecular flexibility index (Phi) is 5.29. The van der Waals surface area contributed by atoms with Crippen molar-refractivity contribution in [1.29, 1.82) is 0 Å². The molecule has 0 N–H and O–H groups in total. The molecular weight excluding hydrogens is 396 g/mol. The lowest BCUT2D eigenvalue weighted by Gasteiger charge is -2.25. The van der Waals surface area contributed by atoms with Gasteiger partial charge >= 0.3 is 0 Å². The Morgan fingerprint density at radius 1 is 1.20 bits per heavy atom. The zero-order valence-corrected chi connectivity index (χ0v) is 17.3. The van der Waals surface area contributed by atoms with Gasteiger partial charge in [-0.05, 0) is 30.5 Å². The number of fused-ring (bicyclic) bond motifs is 1. The Bertz CT molecular complexity index is 1130. The maximum atomic E-state index is 13.6. The Balaban J connectivity index is 1.46. The monoisotopic (exact) mass is 418 g/mol. The minimum Gasteiger partial charge on any atom is -0.376 e. The van der Waals surface area contributed by atoms with Gasteiger partial charge in [-0.15, -0.1) is 11.3 Å². The highest BCUT2D eigenvalue weighted by molar-refractivity contribution is 7.15. The first-order valence-corrected chi connectivity index (χ1v) is 11.0. The Morgan fingerprint density at radius 2 is 2.03 bits per heavy atom. The maximum absolute atomic E-state index is 13.6. The summed E-state index contributed by atoms with van der Waals surface area (Å²) >= 11 is 1.49. The molecule has 0 radical (unpaired) electrons. The van der Waals surface area contributed by atoms with Crippen LogP contribution in [0.4, 0.5) is 0 Å². The van der Waals surface area contributed by atoms with Gasteiger partial charge < -0.3 is 9.64 Å². The average molecular weight is 419 g/mol. The van der Waals surface area contributed by atoms with Crippen molar-refractivity contribution in [3.8, 4) is 11.3 Å². The van der Waals surface area contributed by atoms with Gasteiger partial charge in [-0.25, -0.2) is 4.98 Å². The van der Waals surface area contributed by atoms with Gasteiger partial charge in [0, 0.05) is 49.2 Å². The Hall–Kier alpha value is -3.03. The summed E-state index contributed by atoms with van der Waals surface area (Å²) in [5.74, 6) is -0.00873. The van der Waals surface area contributed by atoms with E-state index in [0.717, 1.165) is 41.2 Å². The van der Waals surface area contributed by atoms with Crippen LogP contribution in [0.25, 0.3) is 16.2 Å².